The molecule has 112 valence electrons. The molecular formula is C15H19N3O2S. The van der Waals surface area contributed by atoms with Crippen LogP contribution in [-0.2, 0) is 0 Å². The molecule has 0 unspecified atom stereocenters. The summed E-state index contributed by atoms with van der Waals surface area (Å²) in [6.45, 7) is 5.20. The first kappa shape index (κ1) is 14.3. The molecule has 1 aliphatic rings. The molecule has 1 N–H and O–H groups in total. The summed E-state index contributed by atoms with van der Waals surface area (Å²) in [5.74, 6) is 0.0535. The molecule has 1 aliphatic heterocycles. The second kappa shape index (κ2) is 5.61. The van der Waals surface area contributed by atoms with Gasteiger partial charge < -0.3 is 10.0 Å². The Morgan fingerprint density at radius 2 is 2.10 bits per heavy atom. The molecule has 0 saturated carbocycles. The van der Waals surface area contributed by atoms with Crippen LogP contribution in [0.15, 0.2) is 17.6 Å². The highest BCUT2D eigenvalue weighted by Gasteiger charge is 2.25. The van der Waals surface area contributed by atoms with Crippen molar-refractivity contribution in [2.24, 2.45) is 0 Å². The summed E-state index contributed by atoms with van der Waals surface area (Å²) < 4.78 is 2.02. The minimum atomic E-state index is -0.267. The summed E-state index contributed by atoms with van der Waals surface area (Å²) in [5.41, 5.74) is 2.68. The van der Waals surface area contributed by atoms with E-state index < -0.39 is 0 Å². The second-order valence-electron chi connectivity index (χ2n) is 5.46. The molecule has 0 spiro atoms. The van der Waals surface area contributed by atoms with Gasteiger partial charge in [-0.25, -0.2) is 4.98 Å². The zero-order valence-corrected chi connectivity index (χ0v) is 13.1. The maximum absolute atomic E-state index is 12.7. The Morgan fingerprint density at radius 1 is 1.38 bits per heavy atom. The van der Waals surface area contributed by atoms with Gasteiger partial charge in [-0.1, -0.05) is 0 Å². The first-order valence-electron chi connectivity index (χ1n) is 7.14. The zero-order valence-electron chi connectivity index (χ0n) is 12.2. The average Bonchev–Trinajstić information content (AvgIpc) is 3.07. The summed E-state index contributed by atoms with van der Waals surface area (Å²) in [4.78, 5) is 18.8. The number of aryl methyl sites for hydroxylation is 1. The van der Waals surface area contributed by atoms with Gasteiger partial charge in [-0.3, -0.25) is 9.36 Å². The minimum absolute atomic E-state index is 0.0535. The smallest absolute Gasteiger partial charge is 0.255 e. The Hall–Kier alpha value is -1.66. The third-order valence-electron chi connectivity index (χ3n) is 4.02. The van der Waals surface area contributed by atoms with E-state index in [0.717, 1.165) is 22.1 Å². The summed E-state index contributed by atoms with van der Waals surface area (Å²) in [6, 6.07) is 1.93. The van der Waals surface area contributed by atoms with Crippen LogP contribution in [0, 0.1) is 13.8 Å². The van der Waals surface area contributed by atoms with E-state index in [0.29, 0.717) is 25.9 Å². The second-order valence-corrected chi connectivity index (χ2v) is 6.33. The standard InChI is InChI=1S/C15H19N3O2S/c1-10-9-13(11(2)18(10)15-16-5-8-21-15)14(20)17-6-3-12(19)4-7-17/h5,8-9,12,19H,3-4,6-7H2,1-2H3. The molecule has 0 bridgehead atoms. The van der Waals surface area contributed by atoms with E-state index in [-0.39, 0.29) is 12.0 Å². The fourth-order valence-electron chi connectivity index (χ4n) is 2.84. The maximum atomic E-state index is 12.7. The van der Waals surface area contributed by atoms with E-state index in [1.54, 1.807) is 17.5 Å². The number of likely N-dealkylation sites (tertiary alicyclic amines) is 1. The predicted molar refractivity (Wildman–Crippen MR) is 82.1 cm³/mol. The number of amides is 1. The molecule has 1 amide bonds. The Bertz CT molecular complexity index is 640. The van der Waals surface area contributed by atoms with Crippen molar-refractivity contribution in [1.29, 1.82) is 0 Å². The molecule has 0 radical (unpaired) electrons. The quantitative estimate of drug-likeness (QED) is 0.925. The van der Waals surface area contributed by atoms with Crippen LogP contribution in [0.2, 0.25) is 0 Å². The Morgan fingerprint density at radius 3 is 2.71 bits per heavy atom. The number of hydrogen-bond acceptors (Lipinski definition) is 4. The third-order valence-corrected chi connectivity index (χ3v) is 4.78. The van der Waals surface area contributed by atoms with E-state index in [4.69, 9.17) is 0 Å². The van der Waals surface area contributed by atoms with Gasteiger partial charge >= 0.3 is 0 Å². The van der Waals surface area contributed by atoms with Crippen molar-refractivity contribution in [2.75, 3.05) is 13.1 Å². The van der Waals surface area contributed by atoms with Crippen LogP contribution in [0.1, 0.15) is 34.6 Å². The van der Waals surface area contributed by atoms with Crippen molar-refractivity contribution in [1.82, 2.24) is 14.5 Å². The summed E-state index contributed by atoms with van der Waals surface area (Å²) in [7, 11) is 0. The number of aliphatic hydroxyl groups is 1. The van der Waals surface area contributed by atoms with E-state index in [1.165, 1.54) is 0 Å². The molecule has 5 nitrogen and oxygen atoms in total. The molecule has 0 atom stereocenters. The Balaban J connectivity index is 1.89. The third kappa shape index (κ3) is 2.61. The van der Waals surface area contributed by atoms with Crippen molar-refractivity contribution in [3.63, 3.8) is 0 Å². The lowest BCUT2D eigenvalue weighted by Crippen LogP contribution is -2.40. The number of carbonyl (C=O) groups excluding carboxylic acids is 1. The monoisotopic (exact) mass is 305 g/mol. The maximum Gasteiger partial charge on any atom is 0.255 e. The molecule has 3 rings (SSSR count). The zero-order chi connectivity index (χ0) is 15.0. The normalized spacial score (nSPS) is 16.4. The van der Waals surface area contributed by atoms with Gasteiger partial charge in [0.15, 0.2) is 5.13 Å². The van der Waals surface area contributed by atoms with Crippen LogP contribution in [-0.4, -0.2) is 44.7 Å². The number of hydrogen-bond donors (Lipinski definition) is 1. The number of aromatic nitrogens is 2. The SMILES string of the molecule is Cc1cc(C(=O)N2CCC(O)CC2)c(C)n1-c1nccs1. The van der Waals surface area contributed by atoms with Gasteiger partial charge in [-0.05, 0) is 32.8 Å². The number of carbonyl (C=O) groups is 1. The first-order valence-corrected chi connectivity index (χ1v) is 8.02. The van der Waals surface area contributed by atoms with Gasteiger partial charge in [0.1, 0.15) is 0 Å². The van der Waals surface area contributed by atoms with Crippen LogP contribution >= 0.6 is 11.3 Å². The molecule has 0 aliphatic carbocycles. The van der Waals surface area contributed by atoms with Crippen LogP contribution in [0.4, 0.5) is 0 Å². The molecule has 1 saturated heterocycles. The van der Waals surface area contributed by atoms with Crippen molar-refractivity contribution in [3.05, 3.63) is 34.6 Å². The largest absolute Gasteiger partial charge is 0.393 e. The summed E-state index contributed by atoms with van der Waals surface area (Å²) >= 11 is 1.56. The number of thiazole rings is 1. The van der Waals surface area contributed by atoms with Crippen molar-refractivity contribution < 1.29 is 9.90 Å². The molecule has 21 heavy (non-hydrogen) atoms. The highest BCUT2D eigenvalue weighted by Crippen LogP contribution is 2.24. The number of nitrogens with zero attached hydrogens (tertiary/aromatic N) is 3. The highest BCUT2D eigenvalue weighted by atomic mass is 32.1. The van der Waals surface area contributed by atoms with E-state index in [2.05, 4.69) is 4.98 Å². The van der Waals surface area contributed by atoms with Crippen molar-refractivity contribution in [2.45, 2.75) is 32.8 Å². The lowest BCUT2D eigenvalue weighted by atomic mass is 10.1. The molecule has 1 fully saturated rings. The van der Waals surface area contributed by atoms with Crippen LogP contribution in [0.25, 0.3) is 5.13 Å². The van der Waals surface area contributed by atoms with Gasteiger partial charge in [0.25, 0.3) is 5.91 Å². The molecule has 0 aromatic carbocycles. The van der Waals surface area contributed by atoms with E-state index >= 15 is 0 Å². The Kier molecular flexibility index (Phi) is 3.82. The van der Waals surface area contributed by atoms with Gasteiger partial charge in [0, 0.05) is 36.1 Å². The highest BCUT2D eigenvalue weighted by molar-refractivity contribution is 7.12. The van der Waals surface area contributed by atoms with E-state index in [1.807, 2.05) is 34.8 Å². The lowest BCUT2D eigenvalue weighted by molar-refractivity contribution is 0.0546. The van der Waals surface area contributed by atoms with Gasteiger partial charge in [0.05, 0.1) is 11.7 Å². The number of aliphatic hydroxyl groups excluding tert-OH is 1. The lowest BCUT2D eigenvalue weighted by Gasteiger charge is -2.29. The molecule has 2 aromatic heterocycles. The first-order chi connectivity index (χ1) is 10.1. The minimum Gasteiger partial charge on any atom is -0.393 e. The topological polar surface area (TPSA) is 58.4 Å². The molecule has 3 heterocycles. The van der Waals surface area contributed by atoms with Crippen LogP contribution in [0.3, 0.4) is 0 Å². The summed E-state index contributed by atoms with van der Waals surface area (Å²) in [6.07, 6.45) is 2.83. The van der Waals surface area contributed by atoms with Gasteiger partial charge in [-0.15, -0.1) is 11.3 Å². The Labute approximate surface area is 127 Å². The number of piperidine rings is 1. The molecule has 6 heteroatoms. The van der Waals surface area contributed by atoms with Crippen LogP contribution < -0.4 is 0 Å². The van der Waals surface area contributed by atoms with Crippen molar-refractivity contribution in [3.8, 4) is 5.13 Å². The van der Waals surface area contributed by atoms with Gasteiger partial charge in [0.2, 0.25) is 0 Å². The van der Waals surface area contributed by atoms with Crippen molar-refractivity contribution >= 4 is 17.2 Å². The van der Waals surface area contributed by atoms with Gasteiger partial charge in [-0.2, -0.15) is 0 Å². The summed E-state index contributed by atoms with van der Waals surface area (Å²) in [5, 5.41) is 12.4. The fourth-order valence-corrected chi connectivity index (χ4v) is 3.59. The molecular weight excluding hydrogens is 286 g/mol. The van der Waals surface area contributed by atoms with Crippen LogP contribution in [0.5, 0.6) is 0 Å². The molecule has 2 aromatic rings. The van der Waals surface area contributed by atoms with E-state index in [9.17, 15) is 9.90 Å². The predicted octanol–water partition coefficient (Wildman–Crippen LogP) is 2.15. The number of rotatable bonds is 2. The fraction of sp³-hybridized carbons (Fsp3) is 0.467. The average molecular weight is 305 g/mol.